The molecule has 0 fully saturated rings. The summed E-state index contributed by atoms with van der Waals surface area (Å²) in [6.07, 6.45) is 23.4. The number of hydrogen-bond acceptors (Lipinski definition) is 11. The molecule has 0 aliphatic heterocycles. The van der Waals surface area contributed by atoms with Gasteiger partial charge >= 0.3 is 11.9 Å². The van der Waals surface area contributed by atoms with Crippen molar-refractivity contribution in [1.29, 1.82) is 0 Å². The van der Waals surface area contributed by atoms with E-state index in [0.717, 1.165) is 80.3 Å². The molecule has 15 nitrogen and oxygen atoms in total. The third-order valence-electron chi connectivity index (χ3n) is 16.2. The van der Waals surface area contributed by atoms with Crippen LogP contribution in [0.25, 0.3) is 21.8 Å². The van der Waals surface area contributed by atoms with Gasteiger partial charge in [-0.15, -0.1) is 0 Å². The normalized spacial score (nSPS) is 11.3. The number of benzene rings is 5. The predicted octanol–water partition coefficient (Wildman–Crippen LogP) is 13.8. The van der Waals surface area contributed by atoms with Crippen LogP contribution < -0.4 is 20.9 Å². The maximum atomic E-state index is 13.2. The topological polar surface area (TPSA) is 204 Å². The number of Topliss-reactive ketones (excluding diaryl/α,β-unsaturated/α-hetero) is 2. The van der Waals surface area contributed by atoms with Crippen LogP contribution in [0, 0.1) is 13.8 Å². The highest BCUT2D eigenvalue weighted by molar-refractivity contribution is 6.45. The van der Waals surface area contributed by atoms with Crippen LogP contribution in [0.1, 0.15) is 177 Å². The van der Waals surface area contributed by atoms with Gasteiger partial charge in [0.1, 0.15) is 24.7 Å². The van der Waals surface area contributed by atoms with E-state index in [1.54, 1.807) is 12.1 Å². The molecule has 2 aromatic heterocycles. The average molecular weight is 1170 g/mol. The number of primary amides is 2. The third kappa shape index (κ3) is 20.0. The third-order valence-corrected chi connectivity index (χ3v) is 16.2. The maximum Gasteiger partial charge on any atom is 0.344 e. The number of nitrogens with two attached hydrogens (primary N) is 2. The fourth-order valence-corrected chi connectivity index (χ4v) is 11.6. The monoisotopic (exact) mass is 1170 g/mol. The number of hydrogen-bond donors (Lipinski definition) is 2. The lowest BCUT2D eigenvalue weighted by Crippen LogP contribution is -2.25. The molecule has 0 unspecified atom stereocenters. The van der Waals surface area contributed by atoms with Crippen LogP contribution in [0.5, 0.6) is 11.5 Å². The minimum absolute atomic E-state index is 0.124. The molecule has 0 spiro atoms. The first-order valence-corrected chi connectivity index (χ1v) is 31.2. The lowest BCUT2D eigenvalue weighted by Gasteiger charge is -2.22. The van der Waals surface area contributed by atoms with Gasteiger partial charge in [-0.3, -0.25) is 24.1 Å². The van der Waals surface area contributed by atoms with E-state index in [0.29, 0.717) is 46.7 Å². The van der Waals surface area contributed by atoms with Crippen molar-refractivity contribution in [3.63, 3.8) is 0 Å². The van der Waals surface area contributed by atoms with Gasteiger partial charge < -0.3 is 39.5 Å². The summed E-state index contributed by atoms with van der Waals surface area (Å²) in [4.78, 5) is 78.5. The number of nitrogens with zero attached hydrogens (tertiary/aromatic N) is 3. The standard InChI is InChI=1S/C71H89N5O10/c1-53-64(68(79)70(72)81)66-58(40-32-42-60(66)83-51-62(77)85-49-56-36-24-20-25-37-56)75(53)46-30-17-13-9-5-3-7-11-15-28-44-74(48-55-34-22-19-23-35-55)45-29-16-12-8-4-6-10-14-18-31-47-76-54(2)65(69(80)71(73)82)67-59(76)41-33-43-61(67)84-52-63(78)86-50-57-38-26-21-27-39-57/h19-27,32-43H,3-18,28-31,44-52H2,1-2H3,(H2,72,81)(H2,73,82). The SMILES string of the molecule is Cc1c(C(=O)C(N)=O)c2c(OCC(=O)OCc3ccccc3)cccc2n1CCCCCCCCCCCCN(CCCCCCCCCCCCn1c(C)c(C(=O)C(N)=O)c2c(OCC(=O)OCc3ccccc3)cccc21)Cc1ccccc1. The first-order valence-electron chi connectivity index (χ1n) is 31.2. The number of rotatable bonds is 42. The molecule has 5 aromatic carbocycles. The van der Waals surface area contributed by atoms with Crippen molar-refractivity contribution in [1.82, 2.24) is 14.0 Å². The first kappa shape index (κ1) is 65.5. The van der Waals surface area contributed by atoms with E-state index in [1.807, 2.05) is 98.8 Å². The second-order valence-corrected chi connectivity index (χ2v) is 22.6. The molecule has 0 saturated carbocycles. The quantitative estimate of drug-likeness (QED) is 0.0159. The smallest absolute Gasteiger partial charge is 0.344 e. The molecule has 0 saturated heterocycles. The van der Waals surface area contributed by atoms with Crippen molar-refractivity contribution >= 4 is 57.1 Å². The van der Waals surface area contributed by atoms with Crippen LogP contribution in [-0.4, -0.2) is 75.7 Å². The van der Waals surface area contributed by atoms with E-state index in [9.17, 15) is 28.8 Å². The number of ketones is 2. The van der Waals surface area contributed by atoms with Crippen molar-refractivity contribution in [3.8, 4) is 11.5 Å². The summed E-state index contributed by atoms with van der Waals surface area (Å²) < 4.78 is 26.7. The Balaban J connectivity index is 0.738. The van der Waals surface area contributed by atoms with Gasteiger partial charge in [0.15, 0.2) is 13.2 Å². The van der Waals surface area contributed by atoms with Crippen LogP contribution in [0.2, 0.25) is 0 Å². The van der Waals surface area contributed by atoms with Crippen LogP contribution in [0.15, 0.2) is 127 Å². The summed E-state index contributed by atoms with van der Waals surface area (Å²) in [5.41, 5.74) is 17.4. The zero-order chi connectivity index (χ0) is 60.9. The Bertz CT molecular complexity index is 3080. The number of aromatic nitrogens is 2. The molecule has 15 heteroatoms. The second-order valence-electron chi connectivity index (χ2n) is 22.6. The van der Waals surface area contributed by atoms with Gasteiger partial charge in [-0.25, -0.2) is 9.59 Å². The minimum Gasteiger partial charge on any atom is -0.481 e. The number of carbonyl (C=O) groups is 6. The number of unbranched alkanes of at least 4 members (excludes halogenated alkanes) is 18. The lowest BCUT2D eigenvalue weighted by molar-refractivity contribution is -0.148. The molecule has 4 N–H and O–H groups in total. The molecule has 458 valence electrons. The zero-order valence-corrected chi connectivity index (χ0v) is 50.7. The summed E-state index contributed by atoms with van der Waals surface area (Å²) in [7, 11) is 0. The molecule has 2 amide bonds. The molecule has 0 aliphatic rings. The number of carbonyl (C=O) groups excluding carboxylic acids is 6. The second kappa shape index (κ2) is 35.4. The Morgan fingerprint density at radius 2 is 0.721 bits per heavy atom. The fraction of sp³-hybridized carbons (Fsp3) is 0.437. The number of aryl methyl sites for hydroxylation is 2. The highest BCUT2D eigenvalue weighted by Gasteiger charge is 2.28. The average Bonchev–Trinajstić information content (AvgIpc) is 1.87. The summed E-state index contributed by atoms with van der Waals surface area (Å²) in [6.45, 7) is 7.80. The minimum atomic E-state index is -1.04. The predicted molar refractivity (Wildman–Crippen MR) is 338 cm³/mol. The number of esters is 2. The summed E-state index contributed by atoms with van der Waals surface area (Å²) >= 11 is 0. The molecule has 0 aliphatic carbocycles. The molecule has 0 atom stereocenters. The van der Waals surface area contributed by atoms with E-state index in [-0.39, 0.29) is 37.6 Å². The van der Waals surface area contributed by atoms with Crippen molar-refractivity contribution < 1.29 is 47.7 Å². The van der Waals surface area contributed by atoms with E-state index >= 15 is 0 Å². The van der Waals surface area contributed by atoms with Gasteiger partial charge in [0.2, 0.25) is 0 Å². The molecule has 0 radical (unpaired) electrons. The lowest BCUT2D eigenvalue weighted by atomic mass is 10.1. The van der Waals surface area contributed by atoms with Crippen molar-refractivity contribution in [2.75, 3.05) is 26.3 Å². The highest BCUT2D eigenvalue weighted by atomic mass is 16.6. The number of ether oxygens (including phenoxy) is 4. The Morgan fingerprint density at radius 1 is 0.395 bits per heavy atom. The first-order chi connectivity index (χ1) is 41.9. The van der Waals surface area contributed by atoms with Crippen LogP contribution in [0.4, 0.5) is 0 Å². The van der Waals surface area contributed by atoms with Gasteiger partial charge in [-0.2, -0.15) is 0 Å². The van der Waals surface area contributed by atoms with E-state index in [2.05, 4.69) is 44.4 Å². The molecule has 2 heterocycles. The molecule has 86 heavy (non-hydrogen) atoms. The Kier molecular flexibility index (Phi) is 27.0. The largest absolute Gasteiger partial charge is 0.481 e. The zero-order valence-electron chi connectivity index (χ0n) is 50.7. The van der Waals surface area contributed by atoms with Gasteiger partial charge in [0.05, 0.1) is 32.9 Å². The maximum absolute atomic E-state index is 13.2. The van der Waals surface area contributed by atoms with Gasteiger partial charge in [0.25, 0.3) is 23.4 Å². The number of fused-ring (bicyclic) bond motifs is 2. The van der Waals surface area contributed by atoms with Gasteiger partial charge in [-0.1, -0.05) is 206 Å². The summed E-state index contributed by atoms with van der Waals surface area (Å²) in [5.74, 6) is -4.07. The van der Waals surface area contributed by atoms with Crippen molar-refractivity contribution in [2.24, 2.45) is 11.5 Å². The van der Waals surface area contributed by atoms with Gasteiger partial charge in [-0.05, 0) is 93.6 Å². The van der Waals surface area contributed by atoms with E-state index in [4.69, 9.17) is 30.4 Å². The van der Waals surface area contributed by atoms with Crippen molar-refractivity contribution in [3.05, 3.63) is 167 Å². The van der Waals surface area contributed by atoms with Gasteiger partial charge in [0, 0.05) is 31.0 Å². The Morgan fingerprint density at radius 3 is 1.07 bits per heavy atom. The molecule has 0 bridgehead atoms. The van der Waals surface area contributed by atoms with Crippen LogP contribution >= 0.6 is 0 Å². The van der Waals surface area contributed by atoms with E-state index in [1.165, 1.54) is 95.5 Å². The molecular formula is C71H89N5O10. The molecule has 7 rings (SSSR count). The van der Waals surface area contributed by atoms with E-state index < -0.39 is 35.3 Å². The Labute approximate surface area is 507 Å². The number of amides is 2. The highest BCUT2D eigenvalue weighted by Crippen LogP contribution is 2.36. The summed E-state index contributed by atoms with van der Waals surface area (Å²) in [6, 6.07) is 40.4. The van der Waals surface area contributed by atoms with Crippen molar-refractivity contribution in [2.45, 2.75) is 175 Å². The van der Waals surface area contributed by atoms with Crippen LogP contribution in [-0.2, 0) is 61.5 Å². The summed E-state index contributed by atoms with van der Waals surface area (Å²) in [5, 5.41) is 0.964. The molecular weight excluding hydrogens is 1080 g/mol. The van der Waals surface area contributed by atoms with Crippen LogP contribution in [0.3, 0.4) is 0 Å². The fourth-order valence-electron chi connectivity index (χ4n) is 11.6. The molecule has 7 aromatic rings. The Hall–Kier alpha value is -8.04.